The first-order chi connectivity index (χ1) is 10.1. The molecule has 2 atom stereocenters. The van der Waals surface area contributed by atoms with Crippen LogP contribution in [-0.4, -0.2) is 24.2 Å². The lowest BCUT2D eigenvalue weighted by Crippen LogP contribution is -2.44. The van der Waals surface area contributed by atoms with Gasteiger partial charge in [0.25, 0.3) is 0 Å². The highest BCUT2D eigenvalue weighted by molar-refractivity contribution is 5.87. The van der Waals surface area contributed by atoms with Gasteiger partial charge in [0.15, 0.2) is 0 Å². The largest absolute Gasteiger partial charge is 0.464 e. The second-order valence-electron chi connectivity index (χ2n) is 5.93. The van der Waals surface area contributed by atoms with E-state index >= 15 is 0 Å². The number of nitrogens with one attached hydrogen (secondary N) is 1. The smallest absolute Gasteiger partial charge is 0.224 e. The van der Waals surface area contributed by atoms with Crippen LogP contribution in [0.25, 0.3) is 11.0 Å². The Balaban J connectivity index is 1.64. The van der Waals surface area contributed by atoms with Crippen LogP contribution in [0.4, 0.5) is 0 Å². The van der Waals surface area contributed by atoms with E-state index < -0.39 is 0 Å². The van der Waals surface area contributed by atoms with Gasteiger partial charge in [-0.1, -0.05) is 18.2 Å². The van der Waals surface area contributed by atoms with E-state index in [1.54, 1.807) is 6.26 Å². The Morgan fingerprint density at radius 2 is 1.95 bits per heavy atom. The molecule has 1 aliphatic rings. The second-order valence-corrected chi connectivity index (χ2v) is 5.93. The van der Waals surface area contributed by atoms with Gasteiger partial charge in [0, 0.05) is 17.0 Å². The van der Waals surface area contributed by atoms with E-state index in [4.69, 9.17) is 9.15 Å². The fraction of sp³-hybridized carbons (Fsp3) is 0.471. The minimum Gasteiger partial charge on any atom is -0.464 e. The number of furan rings is 1. The van der Waals surface area contributed by atoms with E-state index in [-0.39, 0.29) is 24.2 Å². The summed E-state index contributed by atoms with van der Waals surface area (Å²) < 4.78 is 11.2. The SMILES string of the molecule is CC1CC(NC(=O)Cc2coc3ccccc23)CC(C)O1. The molecule has 1 aromatic heterocycles. The van der Waals surface area contributed by atoms with Crippen molar-refractivity contribution in [2.24, 2.45) is 0 Å². The molecule has 0 spiro atoms. The summed E-state index contributed by atoms with van der Waals surface area (Å²) in [5.41, 5.74) is 1.77. The van der Waals surface area contributed by atoms with Crippen LogP contribution in [-0.2, 0) is 16.0 Å². The first-order valence-corrected chi connectivity index (χ1v) is 7.51. The van der Waals surface area contributed by atoms with Crippen LogP contribution >= 0.6 is 0 Å². The molecule has 1 aromatic carbocycles. The van der Waals surface area contributed by atoms with Crippen molar-refractivity contribution in [1.29, 1.82) is 0 Å². The van der Waals surface area contributed by atoms with Gasteiger partial charge in [0.2, 0.25) is 5.91 Å². The Bertz CT molecular complexity index is 624. The molecule has 1 N–H and O–H groups in total. The highest BCUT2D eigenvalue weighted by Crippen LogP contribution is 2.22. The number of para-hydroxylation sites is 1. The second kappa shape index (κ2) is 5.90. The van der Waals surface area contributed by atoms with Crippen LogP contribution in [0.1, 0.15) is 32.3 Å². The lowest BCUT2D eigenvalue weighted by molar-refractivity contribution is -0.122. The third-order valence-corrected chi connectivity index (χ3v) is 3.97. The van der Waals surface area contributed by atoms with Crippen molar-refractivity contribution in [2.75, 3.05) is 0 Å². The summed E-state index contributed by atoms with van der Waals surface area (Å²) in [6.45, 7) is 4.11. The zero-order valence-corrected chi connectivity index (χ0v) is 12.5. The van der Waals surface area contributed by atoms with E-state index in [1.807, 2.05) is 24.3 Å². The molecule has 2 unspecified atom stereocenters. The number of fused-ring (bicyclic) bond motifs is 1. The van der Waals surface area contributed by atoms with Gasteiger partial charge in [-0.15, -0.1) is 0 Å². The number of ether oxygens (including phenoxy) is 1. The van der Waals surface area contributed by atoms with E-state index in [0.717, 1.165) is 29.4 Å². The van der Waals surface area contributed by atoms with Crippen molar-refractivity contribution in [3.63, 3.8) is 0 Å². The van der Waals surface area contributed by atoms with Crippen LogP contribution in [0.3, 0.4) is 0 Å². The number of hydrogen-bond acceptors (Lipinski definition) is 3. The number of carbonyl (C=O) groups is 1. The predicted molar refractivity (Wildman–Crippen MR) is 81.1 cm³/mol. The summed E-state index contributed by atoms with van der Waals surface area (Å²) in [5, 5.41) is 4.14. The average Bonchev–Trinajstić information content (AvgIpc) is 2.81. The molecule has 3 rings (SSSR count). The molecule has 4 heteroatoms. The normalized spacial score (nSPS) is 25.9. The van der Waals surface area contributed by atoms with E-state index in [1.165, 1.54) is 0 Å². The van der Waals surface area contributed by atoms with Gasteiger partial charge in [0.05, 0.1) is 24.9 Å². The molecule has 1 aliphatic heterocycles. The molecule has 0 bridgehead atoms. The summed E-state index contributed by atoms with van der Waals surface area (Å²) in [5.74, 6) is 0.0489. The van der Waals surface area contributed by atoms with Gasteiger partial charge in [-0.25, -0.2) is 0 Å². The molecule has 112 valence electrons. The molecule has 1 fully saturated rings. The standard InChI is InChI=1S/C17H21NO3/c1-11-7-14(8-12(2)21-11)18-17(19)9-13-10-20-16-6-4-3-5-15(13)16/h3-6,10-12,14H,7-9H2,1-2H3,(H,18,19). The molecule has 4 nitrogen and oxygen atoms in total. The van der Waals surface area contributed by atoms with Crippen LogP contribution in [0, 0.1) is 0 Å². The molecule has 1 amide bonds. The van der Waals surface area contributed by atoms with E-state index in [9.17, 15) is 4.79 Å². The van der Waals surface area contributed by atoms with Crippen molar-refractivity contribution < 1.29 is 13.9 Å². The molecule has 1 saturated heterocycles. The van der Waals surface area contributed by atoms with Gasteiger partial charge < -0.3 is 14.5 Å². The summed E-state index contributed by atoms with van der Waals surface area (Å²) in [7, 11) is 0. The topological polar surface area (TPSA) is 51.5 Å². The molecule has 0 aliphatic carbocycles. The van der Waals surface area contributed by atoms with Gasteiger partial charge >= 0.3 is 0 Å². The molecule has 0 saturated carbocycles. The molecule has 21 heavy (non-hydrogen) atoms. The van der Waals surface area contributed by atoms with Crippen LogP contribution < -0.4 is 5.32 Å². The molecular weight excluding hydrogens is 266 g/mol. The molecule has 2 heterocycles. The zero-order chi connectivity index (χ0) is 14.8. The molecule has 0 radical (unpaired) electrons. The van der Waals surface area contributed by atoms with E-state index in [0.29, 0.717) is 6.42 Å². The fourth-order valence-electron chi connectivity index (χ4n) is 3.14. The fourth-order valence-corrected chi connectivity index (χ4v) is 3.14. The lowest BCUT2D eigenvalue weighted by atomic mass is 9.99. The molecular formula is C17H21NO3. The maximum atomic E-state index is 12.2. The minimum atomic E-state index is 0.0489. The summed E-state index contributed by atoms with van der Waals surface area (Å²) >= 11 is 0. The Kier molecular flexibility index (Phi) is 3.97. The lowest BCUT2D eigenvalue weighted by Gasteiger charge is -2.32. The molecule has 2 aromatic rings. The van der Waals surface area contributed by atoms with Crippen molar-refractivity contribution in [3.05, 3.63) is 36.1 Å². The minimum absolute atomic E-state index is 0.0489. The summed E-state index contributed by atoms with van der Waals surface area (Å²) in [4.78, 5) is 12.2. The maximum absolute atomic E-state index is 12.2. The number of carbonyl (C=O) groups excluding carboxylic acids is 1. The van der Waals surface area contributed by atoms with Crippen molar-refractivity contribution in [3.8, 4) is 0 Å². The third-order valence-electron chi connectivity index (χ3n) is 3.97. The van der Waals surface area contributed by atoms with Crippen LogP contribution in [0.5, 0.6) is 0 Å². The maximum Gasteiger partial charge on any atom is 0.224 e. The van der Waals surface area contributed by atoms with Crippen molar-refractivity contribution >= 4 is 16.9 Å². The van der Waals surface area contributed by atoms with Crippen molar-refractivity contribution in [2.45, 2.75) is 51.4 Å². The van der Waals surface area contributed by atoms with E-state index in [2.05, 4.69) is 19.2 Å². The van der Waals surface area contributed by atoms with Gasteiger partial charge in [-0.05, 0) is 32.8 Å². The Morgan fingerprint density at radius 3 is 2.71 bits per heavy atom. The number of amides is 1. The zero-order valence-electron chi connectivity index (χ0n) is 12.5. The van der Waals surface area contributed by atoms with Gasteiger partial charge in [-0.2, -0.15) is 0 Å². The van der Waals surface area contributed by atoms with Crippen LogP contribution in [0.2, 0.25) is 0 Å². The first kappa shape index (κ1) is 14.1. The first-order valence-electron chi connectivity index (χ1n) is 7.51. The summed E-state index contributed by atoms with van der Waals surface area (Å²) in [6.07, 6.45) is 4.20. The number of benzene rings is 1. The Hall–Kier alpha value is -1.81. The predicted octanol–water partition coefficient (Wildman–Crippen LogP) is 3.05. The van der Waals surface area contributed by atoms with Gasteiger partial charge in [0.1, 0.15) is 5.58 Å². The summed E-state index contributed by atoms with van der Waals surface area (Å²) in [6, 6.07) is 8.00. The van der Waals surface area contributed by atoms with Gasteiger partial charge in [-0.3, -0.25) is 4.79 Å². The number of rotatable bonds is 3. The van der Waals surface area contributed by atoms with Crippen LogP contribution in [0.15, 0.2) is 34.9 Å². The Morgan fingerprint density at radius 1 is 1.24 bits per heavy atom. The highest BCUT2D eigenvalue weighted by Gasteiger charge is 2.25. The Labute approximate surface area is 124 Å². The monoisotopic (exact) mass is 287 g/mol. The number of hydrogen-bond donors (Lipinski definition) is 1. The average molecular weight is 287 g/mol. The highest BCUT2D eigenvalue weighted by atomic mass is 16.5. The quantitative estimate of drug-likeness (QED) is 0.944. The third kappa shape index (κ3) is 3.27. The van der Waals surface area contributed by atoms with Crippen molar-refractivity contribution in [1.82, 2.24) is 5.32 Å².